The second kappa shape index (κ2) is 6.34. The van der Waals surface area contributed by atoms with Gasteiger partial charge < -0.3 is 14.6 Å². The smallest absolute Gasteiger partial charge is 0.109 e. The third kappa shape index (κ3) is 2.93. The van der Waals surface area contributed by atoms with Gasteiger partial charge in [0.05, 0.1) is 18.3 Å². The minimum atomic E-state index is 0.263. The highest BCUT2D eigenvalue weighted by Gasteiger charge is 2.20. The predicted octanol–water partition coefficient (Wildman–Crippen LogP) is 1.91. The maximum atomic E-state index is 5.68. The first-order valence-electron chi connectivity index (χ1n) is 7.15. The van der Waals surface area contributed by atoms with Gasteiger partial charge in [-0.25, -0.2) is 4.98 Å². The van der Waals surface area contributed by atoms with E-state index in [0.29, 0.717) is 0 Å². The number of fused-ring (bicyclic) bond motifs is 1. The zero-order valence-corrected chi connectivity index (χ0v) is 11.8. The first kappa shape index (κ1) is 13.6. The monoisotopic (exact) mass is 251 g/mol. The molecule has 102 valence electrons. The van der Waals surface area contributed by atoms with Crippen LogP contribution >= 0.6 is 0 Å². The van der Waals surface area contributed by atoms with Crippen LogP contribution in [0.2, 0.25) is 0 Å². The Kier molecular flexibility index (Phi) is 4.78. The fourth-order valence-electron chi connectivity index (χ4n) is 2.65. The van der Waals surface area contributed by atoms with Gasteiger partial charge in [0.2, 0.25) is 0 Å². The molecule has 1 N–H and O–H groups in total. The highest BCUT2D eigenvalue weighted by Crippen LogP contribution is 2.18. The standard InChI is InChI=1S/C14H25N3O/c1-4-6-14-16-12-9-15-8-7-13(12)17(14)10-11(3)18-5-2/h11,15H,4-10H2,1-3H3. The van der Waals surface area contributed by atoms with Crippen LogP contribution < -0.4 is 5.32 Å². The van der Waals surface area contributed by atoms with Crippen LogP contribution in [0.4, 0.5) is 0 Å². The van der Waals surface area contributed by atoms with Gasteiger partial charge in [-0.2, -0.15) is 0 Å². The van der Waals surface area contributed by atoms with Crippen molar-refractivity contribution < 1.29 is 4.74 Å². The average molecular weight is 251 g/mol. The van der Waals surface area contributed by atoms with E-state index in [9.17, 15) is 0 Å². The molecule has 2 heterocycles. The van der Waals surface area contributed by atoms with Crippen molar-refractivity contribution in [1.29, 1.82) is 0 Å². The molecule has 1 unspecified atom stereocenters. The molecule has 2 rings (SSSR count). The lowest BCUT2D eigenvalue weighted by Crippen LogP contribution is -2.27. The Labute approximate surface area is 110 Å². The number of nitrogens with one attached hydrogen (secondary N) is 1. The largest absolute Gasteiger partial charge is 0.377 e. The van der Waals surface area contributed by atoms with Crippen molar-refractivity contribution in [2.45, 2.75) is 59.2 Å². The number of aromatic nitrogens is 2. The van der Waals surface area contributed by atoms with Crippen LogP contribution in [0, 0.1) is 0 Å². The van der Waals surface area contributed by atoms with Crippen molar-refractivity contribution in [2.24, 2.45) is 0 Å². The third-order valence-corrected chi connectivity index (χ3v) is 3.43. The molecule has 0 aromatic carbocycles. The van der Waals surface area contributed by atoms with Gasteiger partial charge in [-0.3, -0.25) is 0 Å². The molecule has 0 fully saturated rings. The highest BCUT2D eigenvalue weighted by atomic mass is 16.5. The minimum Gasteiger partial charge on any atom is -0.377 e. The molecular formula is C14H25N3O. The Bertz CT molecular complexity index is 387. The topological polar surface area (TPSA) is 39.1 Å². The van der Waals surface area contributed by atoms with E-state index < -0.39 is 0 Å². The summed E-state index contributed by atoms with van der Waals surface area (Å²) >= 11 is 0. The maximum Gasteiger partial charge on any atom is 0.109 e. The summed E-state index contributed by atoms with van der Waals surface area (Å²) in [6.07, 6.45) is 3.56. The van der Waals surface area contributed by atoms with Crippen LogP contribution in [0.15, 0.2) is 0 Å². The first-order chi connectivity index (χ1) is 8.76. The molecule has 1 atom stereocenters. The Morgan fingerprint density at radius 2 is 2.28 bits per heavy atom. The second-order valence-corrected chi connectivity index (χ2v) is 4.97. The lowest BCUT2D eigenvalue weighted by atomic mass is 10.2. The van der Waals surface area contributed by atoms with Crippen molar-refractivity contribution >= 4 is 0 Å². The zero-order chi connectivity index (χ0) is 13.0. The summed E-state index contributed by atoms with van der Waals surface area (Å²) in [5.41, 5.74) is 2.66. The van der Waals surface area contributed by atoms with E-state index in [-0.39, 0.29) is 6.10 Å². The van der Waals surface area contributed by atoms with Crippen LogP contribution in [0.3, 0.4) is 0 Å². The van der Waals surface area contributed by atoms with Crippen LogP contribution in [0.1, 0.15) is 44.4 Å². The fraction of sp³-hybridized carbons (Fsp3) is 0.786. The molecule has 0 aliphatic carbocycles. The van der Waals surface area contributed by atoms with Crippen molar-refractivity contribution in [3.8, 4) is 0 Å². The summed E-state index contributed by atoms with van der Waals surface area (Å²) in [6.45, 7) is 10.1. The SMILES string of the molecule is CCCc1nc2c(n1CC(C)OCC)CCNC2. The molecular weight excluding hydrogens is 226 g/mol. The predicted molar refractivity (Wildman–Crippen MR) is 72.7 cm³/mol. The molecule has 1 aromatic rings. The quantitative estimate of drug-likeness (QED) is 0.839. The molecule has 4 nitrogen and oxygen atoms in total. The summed E-state index contributed by atoms with van der Waals surface area (Å²) in [4.78, 5) is 4.80. The number of nitrogens with zero attached hydrogens (tertiary/aromatic N) is 2. The average Bonchev–Trinajstić information content (AvgIpc) is 2.69. The van der Waals surface area contributed by atoms with E-state index in [1.807, 2.05) is 0 Å². The van der Waals surface area contributed by atoms with E-state index in [0.717, 1.165) is 45.5 Å². The molecule has 0 saturated carbocycles. The Hall–Kier alpha value is -0.870. The lowest BCUT2D eigenvalue weighted by molar-refractivity contribution is 0.0628. The van der Waals surface area contributed by atoms with E-state index >= 15 is 0 Å². The molecule has 1 aliphatic heterocycles. The number of hydrogen-bond acceptors (Lipinski definition) is 3. The van der Waals surface area contributed by atoms with Crippen LogP contribution in [0.25, 0.3) is 0 Å². The molecule has 1 aliphatic rings. The van der Waals surface area contributed by atoms with E-state index in [1.54, 1.807) is 0 Å². The molecule has 18 heavy (non-hydrogen) atoms. The molecule has 0 bridgehead atoms. The van der Waals surface area contributed by atoms with Gasteiger partial charge in [0.1, 0.15) is 5.82 Å². The van der Waals surface area contributed by atoms with Gasteiger partial charge in [-0.05, 0) is 20.3 Å². The Morgan fingerprint density at radius 1 is 1.44 bits per heavy atom. The summed E-state index contributed by atoms with van der Waals surface area (Å²) in [5, 5.41) is 3.39. The summed E-state index contributed by atoms with van der Waals surface area (Å²) in [7, 11) is 0. The Balaban J connectivity index is 2.21. The van der Waals surface area contributed by atoms with Crippen molar-refractivity contribution in [3.63, 3.8) is 0 Å². The van der Waals surface area contributed by atoms with Crippen molar-refractivity contribution in [1.82, 2.24) is 14.9 Å². The fourth-order valence-corrected chi connectivity index (χ4v) is 2.65. The van der Waals surface area contributed by atoms with Gasteiger partial charge >= 0.3 is 0 Å². The van der Waals surface area contributed by atoms with Gasteiger partial charge in [0.15, 0.2) is 0 Å². The molecule has 0 radical (unpaired) electrons. The summed E-state index contributed by atoms with van der Waals surface area (Å²) < 4.78 is 8.08. The van der Waals surface area contributed by atoms with Crippen molar-refractivity contribution in [3.05, 3.63) is 17.2 Å². The van der Waals surface area contributed by atoms with Gasteiger partial charge in [0.25, 0.3) is 0 Å². The van der Waals surface area contributed by atoms with E-state index in [4.69, 9.17) is 9.72 Å². The van der Waals surface area contributed by atoms with E-state index in [2.05, 4.69) is 30.7 Å². The second-order valence-electron chi connectivity index (χ2n) is 4.97. The highest BCUT2D eigenvalue weighted by molar-refractivity contribution is 5.20. The van der Waals surface area contributed by atoms with E-state index in [1.165, 1.54) is 17.2 Å². The summed E-state index contributed by atoms with van der Waals surface area (Å²) in [6, 6.07) is 0. The molecule has 1 aromatic heterocycles. The lowest BCUT2D eigenvalue weighted by Gasteiger charge is -2.19. The maximum absolute atomic E-state index is 5.68. The van der Waals surface area contributed by atoms with Gasteiger partial charge in [-0.1, -0.05) is 6.92 Å². The number of rotatable bonds is 6. The number of hydrogen-bond donors (Lipinski definition) is 1. The summed E-state index contributed by atoms with van der Waals surface area (Å²) in [5.74, 6) is 1.23. The van der Waals surface area contributed by atoms with Crippen LogP contribution in [0.5, 0.6) is 0 Å². The third-order valence-electron chi connectivity index (χ3n) is 3.43. The van der Waals surface area contributed by atoms with Gasteiger partial charge in [0, 0.05) is 38.2 Å². The van der Waals surface area contributed by atoms with Crippen molar-refractivity contribution in [2.75, 3.05) is 13.2 Å². The Morgan fingerprint density at radius 3 is 3.00 bits per heavy atom. The molecule has 0 spiro atoms. The zero-order valence-electron chi connectivity index (χ0n) is 11.8. The van der Waals surface area contributed by atoms with Crippen LogP contribution in [-0.2, 0) is 30.7 Å². The number of imidazole rings is 1. The molecule has 0 saturated heterocycles. The number of aryl methyl sites for hydroxylation is 1. The van der Waals surface area contributed by atoms with Gasteiger partial charge in [-0.15, -0.1) is 0 Å². The molecule has 4 heteroatoms. The number of ether oxygens (including phenoxy) is 1. The first-order valence-corrected chi connectivity index (χ1v) is 7.15. The molecule has 0 amide bonds. The minimum absolute atomic E-state index is 0.263. The normalized spacial score (nSPS) is 16.6. The van der Waals surface area contributed by atoms with Crippen LogP contribution in [-0.4, -0.2) is 28.8 Å².